The lowest BCUT2D eigenvalue weighted by Gasteiger charge is -2.27. The summed E-state index contributed by atoms with van der Waals surface area (Å²) in [5.41, 5.74) is 0.942. The van der Waals surface area contributed by atoms with E-state index in [1.54, 1.807) is 0 Å². The highest BCUT2D eigenvalue weighted by Gasteiger charge is 2.16. The predicted molar refractivity (Wildman–Crippen MR) is 106 cm³/mol. The molecule has 1 aromatic carbocycles. The zero-order chi connectivity index (χ0) is 19.6. The van der Waals surface area contributed by atoms with E-state index in [9.17, 15) is 4.79 Å². The summed E-state index contributed by atoms with van der Waals surface area (Å²) < 4.78 is 10.7. The number of benzene rings is 1. The number of nitrogens with zero attached hydrogens (tertiary/aromatic N) is 4. The Hall–Kier alpha value is -2.74. The van der Waals surface area contributed by atoms with E-state index < -0.39 is 0 Å². The molecular formula is C20H27N5O3. The molecule has 0 radical (unpaired) electrons. The Bertz CT molecular complexity index is 751. The van der Waals surface area contributed by atoms with Crippen molar-refractivity contribution in [3.63, 3.8) is 0 Å². The summed E-state index contributed by atoms with van der Waals surface area (Å²) in [5, 5.41) is 3.14. The Kier molecular flexibility index (Phi) is 7.54. The van der Waals surface area contributed by atoms with Crippen LogP contribution in [-0.4, -0.2) is 60.4 Å². The first-order valence-corrected chi connectivity index (χ1v) is 9.75. The smallest absolute Gasteiger partial charge is 0.310 e. The number of ether oxygens (including phenoxy) is 2. The van der Waals surface area contributed by atoms with E-state index in [1.807, 2.05) is 30.3 Å². The van der Waals surface area contributed by atoms with E-state index in [0.29, 0.717) is 31.7 Å². The quantitative estimate of drug-likeness (QED) is 0.517. The molecule has 0 unspecified atom stereocenters. The Labute approximate surface area is 165 Å². The molecule has 1 fully saturated rings. The van der Waals surface area contributed by atoms with Crippen LogP contribution in [0.1, 0.15) is 24.7 Å². The van der Waals surface area contributed by atoms with E-state index >= 15 is 0 Å². The maximum atomic E-state index is 11.9. The van der Waals surface area contributed by atoms with Gasteiger partial charge in [0.25, 0.3) is 0 Å². The van der Waals surface area contributed by atoms with Crippen LogP contribution in [0.25, 0.3) is 0 Å². The molecule has 0 saturated carbocycles. The van der Waals surface area contributed by atoms with Gasteiger partial charge in [0.15, 0.2) is 0 Å². The second-order valence-corrected chi connectivity index (χ2v) is 6.53. The number of aryl methyl sites for hydroxylation is 1. The Morgan fingerprint density at radius 3 is 2.71 bits per heavy atom. The van der Waals surface area contributed by atoms with Gasteiger partial charge in [-0.3, -0.25) is 4.79 Å². The van der Waals surface area contributed by atoms with Crippen LogP contribution in [0.3, 0.4) is 0 Å². The fourth-order valence-electron chi connectivity index (χ4n) is 2.87. The minimum Gasteiger partial charge on any atom is -0.464 e. The maximum Gasteiger partial charge on any atom is 0.310 e. The first-order chi connectivity index (χ1) is 13.7. The molecule has 1 saturated heterocycles. The number of esters is 1. The molecule has 1 aliphatic heterocycles. The predicted octanol–water partition coefficient (Wildman–Crippen LogP) is 1.86. The van der Waals surface area contributed by atoms with Crippen molar-refractivity contribution in [3.8, 4) is 0 Å². The van der Waals surface area contributed by atoms with Crippen LogP contribution in [0.4, 0.5) is 11.9 Å². The summed E-state index contributed by atoms with van der Waals surface area (Å²) in [6, 6.07) is 9.56. The van der Waals surface area contributed by atoms with Crippen LogP contribution in [0.5, 0.6) is 0 Å². The van der Waals surface area contributed by atoms with Gasteiger partial charge in [-0.05, 0) is 12.0 Å². The fraction of sp³-hybridized carbons (Fsp3) is 0.500. The summed E-state index contributed by atoms with van der Waals surface area (Å²) in [4.78, 5) is 27.6. The highest BCUT2D eigenvalue weighted by Crippen LogP contribution is 2.13. The molecule has 8 heteroatoms. The van der Waals surface area contributed by atoms with E-state index in [1.165, 1.54) is 0 Å². The van der Waals surface area contributed by atoms with Crippen LogP contribution >= 0.6 is 0 Å². The van der Waals surface area contributed by atoms with Crippen LogP contribution in [0, 0.1) is 0 Å². The Morgan fingerprint density at radius 1 is 1.18 bits per heavy atom. The molecule has 3 rings (SSSR count). The van der Waals surface area contributed by atoms with Gasteiger partial charge in [0.05, 0.1) is 26.2 Å². The summed E-state index contributed by atoms with van der Waals surface area (Å²) in [6.45, 7) is 5.69. The van der Waals surface area contributed by atoms with Crippen LogP contribution in [0.2, 0.25) is 0 Å². The van der Waals surface area contributed by atoms with Gasteiger partial charge in [0.1, 0.15) is 12.4 Å². The SMILES string of the molecule is CCCc1nc(NCCOC(=O)Cc2ccccc2)nc(N2CCOCC2)n1. The molecule has 0 atom stereocenters. The number of aromatic nitrogens is 3. The summed E-state index contributed by atoms with van der Waals surface area (Å²) >= 11 is 0. The van der Waals surface area contributed by atoms with Crippen molar-refractivity contribution in [2.75, 3.05) is 49.7 Å². The van der Waals surface area contributed by atoms with Gasteiger partial charge in [-0.1, -0.05) is 37.3 Å². The van der Waals surface area contributed by atoms with Gasteiger partial charge in [-0.25, -0.2) is 0 Å². The van der Waals surface area contributed by atoms with Crippen LogP contribution < -0.4 is 10.2 Å². The summed E-state index contributed by atoms with van der Waals surface area (Å²) in [7, 11) is 0. The van der Waals surface area contributed by atoms with Crippen molar-refractivity contribution in [3.05, 3.63) is 41.7 Å². The number of hydrogen-bond donors (Lipinski definition) is 1. The maximum absolute atomic E-state index is 11.9. The number of carbonyl (C=O) groups is 1. The van der Waals surface area contributed by atoms with E-state index in [-0.39, 0.29) is 19.0 Å². The average Bonchev–Trinajstić information content (AvgIpc) is 2.73. The zero-order valence-corrected chi connectivity index (χ0v) is 16.3. The highest BCUT2D eigenvalue weighted by molar-refractivity contribution is 5.72. The molecule has 0 bridgehead atoms. The second kappa shape index (κ2) is 10.6. The number of nitrogens with one attached hydrogen (secondary N) is 1. The van der Waals surface area contributed by atoms with Gasteiger partial charge in [-0.2, -0.15) is 15.0 Å². The van der Waals surface area contributed by atoms with Gasteiger partial charge < -0.3 is 19.7 Å². The molecule has 1 aromatic heterocycles. The topological polar surface area (TPSA) is 89.5 Å². The van der Waals surface area contributed by atoms with E-state index in [0.717, 1.165) is 37.3 Å². The molecule has 8 nitrogen and oxygen atoms in total. The normalized spacial score (nSPS) is 14.0. The molecule has 28 heavy (non-hydrogen) atoms. The van der Waals surface area contributed by atoms with Gasteiger partial charge in [0.2, 0.25) is 11.9 Å². The van der Waals surface area contributed by atoms with Crippen LogP contribution in [0.15, 0.2) is 30.3 Å². The number of rotatable bonds is 9. The lowest BCUT2D eigenvalue weighted by Crippen LogP contribution is -2.37. The van der Waals surface area contributed by atoms with Gasteiger partial charge >= 0.3 is 5.97 Å². The molecule has 0 spiro atoms. The average molecular weight is 385 g/mol. The number of anilines is 2. The molecule has 1 N–H and O–H groups in total. The highest BCUT2D eigenvalue weighted by atomic mass is 16.5. The third-order valence-electron chi connectivity index (χ3n) is 4.28. The zero-order valence-electron chi connectivity index (χ0n) is 16.3. The monoisotopic (exact) mass is 385 g/mol. The largest absolute Gasteiger partial charge is 0.464 e. The molecule has 2 aromatic rings. The molecule has 150 valence electrons. The number of hydrogen-bond acceptors (Lipinski definition) is 8. The van der Waals surface area contributed by atoms with Crippen molar-refractivity contribution in [1.82, 2.24) is 15.0 Å². The third-order valence-corrected chi connectivity index (χ3v) is 4.28. The van der Waals surface area contributed by atoms with Crippen molar-refractivity contribution in [1.29, 1.82) is 0 Å². The lowest BCUT2D eigenvalue weighted by molar-refractivity contribution is -0.142. The standard InChI is InChI=1S/C20H27N5O3/c1-2-6-17-22-19(24-20(23-17)25-10-13-27-14-11-25)21-9-12-28-18(26)15-16-7-4-3-5-8-16/h3-5,7-8H,2,6,9-15H2,1H3,(H,21,22,23,24). The van der Waals surface area contributed by atoms with Crippen LogP contribution in [-0.2, 0) is 27.1 Å². The summed E-state index contributed by atoms with van der Waals surface area (Å²) in [6.07, 6.45) is 2.03. The minimum absolute atomic E-state index is 0.246. The Balaban J connectivity index is 1.51. The molecule has 1 aliphatic rings. The molecule has 2 heterocycles. The first-order valence-electron chi connectivity index (χ1n) is 9.75. The second-order valence-electron chi connectivity index (χ2n) is 6.53. The number of carbonyl (C=O) groups excluding carboxylic acids is 1. The van der Waals surface area contributed by atoms with Gasteiger partial charge in [0, 0.05) is 19.5 Å². The lowest BCUT2D eigenvalue weighted by atomic mass is 10.2. The molecule has 0 aliphatic carbocycles. The molecular weight excluding hydrogens is 358 g/mol. The van der Waals surface area contributed by atoms with E-state index in [4.69, 9.17) is 9.47 Å². The van der Waals surface area contributed by atoms with Crippen molar-refractivity contribution in [2.24, 2.45) is 0 Å². The van der Waals surface area contributed by atoms with Crippen molar-refractivity contribution >= 4 is 17.9 Å². The summed E-state index contributed by atoms with van der Waals surface area (Å²) in [5.74, 6) is 1.70. The third kappa shape index (κ3) is 6.16. The number of morpholine rings is 1. The van der Waals surface area contributed by atoms with Crippen molar-refractivity contribution < 1.29 is 14.3 Å². The molecule has 0 amide bonds. The fourth-order valence-corrected chi connectivity index (χ4v) is 2.87. The Morgan fingerprint density at radius 2 is 1.96 bits per heavy atom. The van der Waals surface area contributed by atoms with Crippen molar-refractivity contribution in [2.45, 2.75) is 26.2 Å². The van der Waals surface area contributed by atoms with E-state index in [2.05, 4.69) is 32.1 Å². The minimum atomic E-state index is -0.246. The first kappa shape index (κ1) is 20.0. The van der Waals surface area contributed by atoms with Gasteiger partial charge in [-0.15, -0.1) is 0 Å².